The first kappa shape index (κ1) is 14.8. The Kier molecular flexibility index (Phi) is 4.05. The van der Waals surface area contributed by atoms with Gasteiger partial charge in [0, 0.05) is 18.9 Å². The molecule has 2 heterocycles. The Balaban J connectivity index is 1.51. The first-order chi connectivity index (χ1) is 11.1. The third kappa shape index (κ3) is 3.54. The summed E-state index contributed by atoms with van der Waals surface area (Å²) in [7, 11) is 0. The number of urea groups is 1. The van der Waals surface area contributed by atoms with E-state index in [0.717, 1.165) is 11.3 Å². The van der Waals surface area contributed by atoms with Gasteiger partial charge in [0.15, 0.2) is 0 Å². The quantitative estimate of drug-likeness (QED) is 0.680. The summed E-state index contributed by atoms with van der Waals surface area (Å²) < 4.78 is 1.74. The highest BCUT2D eigenvalue weighted by Gasteiger charge is 2.31. The average Bonchev–Trinajstić information content (AvgIpc) is 3.16. The molecule has 2 aromatic rings. The van der Waals surface area contributed by atoms with Crippen molar-refractivity contribution in [3.63, 3.8) is 0 Å². The number of nitrogens with one attached hydrogen (secondary N) is 3. The summed E-state index contributed by atoms with van der Waals surface area (Å²) in [4.78, 5) is 34.2. The molecule has 4 amide bonds. The van der Waals surface area contributed by atoms with Crippen molar-refractivity contribution >= 4 is 17.8 Å². The largest absolute Gasteiger partial charge is 0.352 e. The Morgan fingerprint density at radius 2 is 2.04 bits per heavy atom. The molecule has 1 atom stereocenters. The van der Waals surface area contributed by atoms with Crippen LogP contribution in [0.4, 0.5) is 4.79 Å². The van der Waals surface area contributed by atoms with E-state index in [9.17, 15) is 14.4 Å². The van der Waals surface area contributed by atoms with E-state index in [1.807, 2.05) is 36.5 Å². The zero-order chi connectivity index (χ0) is 16.2. The van der Waals surface area contributed by atoms with Gasteiger partial charge in [0.2, 0.25) is 5.91 Å². The lowest BCUT2D eigenvalue weighted by Gasteiger charge is -2.09. The van der Waals surface area contributed by atoms with Crippen LogP contribution in [0.5, 0.6) is 0 Å². The molecule has 0 radical (unpaired) electrons. The van der Waals surface area contributed by atoms with E-state index >= 15 is 0 Å². The van der Waals surface area contributed by atoms with Crippen molar-refractivity contribution in [1.82, 2.24) is 25.7 Å². The molecular weight excluding hydrogens is 298 g/mol. The highest BCUT2D eigenvalue weighted by atomic mass is 16.2. The summed E-state index contributed by atoms with van der Waals surface area (Å²) in [6, 6.07) is 8.05. The molecule has 1 aromatic heterocycles. The van der Waals surface area contributed by atoms with Crippen LogP contribution < -0.4 is 16.0 Å². The van der Waals surface area contributed by atoms with E-state index in [1.165, 1.54) is 0 Å². The molecular formula is C15H15N5O3. The van der Waals surface area contributed by atoms with E-state index < -0.39 is 18.0 Å². The van der Waals surface area contributed by atoms with Crippen LogP contribution in [0.2, 0.25) is 0 Å². The fourth-order valence-electron chi connectivity index (χ4n) is 2.25. The molecule has 1 fully saturated rings. The predicted octanol–water partition coefficient (Wildman–Crippen LogP) is 0.0866. The Hall–Kier alpha value is -3.16. The van der Waals surface area contributed by atoms with Crippen molar-refractivity contribution in [3.8, 4) is 5.69 Å². The van der Waals surface area contributed by atoms with Crippen LogP contribution in [0.1, 0.15) is 12.0 Å². The maximum absolute atomic E-state index is 11.8. The van der Waals surface area contributed by atoms with Crippen molar-refractivity contribution in [2.75, 3.05) is 0 Å². The van der Waals surface area contributed by atoms with Gasteiger partial charge in [-0.15, -0.1) is 0 Å². The van der Waals surface area contributed by atoms with Gasteiger partial charge in [-0.2, -0.15) is 5.10 Å². The molecule has 1 aromatic carbocycles. The van der Waals surface area contributed by atoms with Crippen molar-refractivity contribution in [2.45, 2.75) is 19.0 Å². The van der Waals surface area contributed by atoms with Crippen LogP contribution in [0.3, 0.4) is 0 Å². The lowest BCUT2D eigenvalue weighted by atomic mass is 10.2. The summed E-state index contributed by atoms with van der Waals surface area (Å²) in [5.74, 6) is -0.780. The molecule has 0 unspecified atom stereocenters. The molecule has 118 valence electrons. The first-order valence-corrected chi connectivity index (χ1v) is 7.09. The number of imide groups is 1. The van der Waals surface area contributed by atoms with Gasteiger partial charge in [-0.1, -0.05) is 12.1 Å². The number of benzene rings is 1. The minimum absolute atomic E-state index is 0.0804. The van der Waals surface area contributed by atoms with Gasteiger partial charge in [0.05, 0.1) is 12.1 Å². The van der Waals surface area contributed by atoms with Gasteiger partial charge in [0.1, 0.15) is 6.04 Å². The maximum atomic E-state index is 11.8. The molecule has 0 bridgehead atoms. The van der Waals surface area contributed by atoms with Crippen molar-refractivity contribution in [1.29, 1.82) is 0 Å². The predicted molar refractivity (Wildman–Crippen MR) is 80.5 cm³/mol. The van der Waals surface area contributed by atoms with Crippen molar-refractivity contribution in [3.05, 3.63) is 48.3 Å². The summed E-state index contributed by atoms with van der Waals surface area (Å²) in [5, 5.41) is 11.3. The zero-order valence-electron chi connectivity index (χ0n) is 12.2. The van der Waals surface area contributed by atoms with E-state index in [1.54, 1.807) is 10.9 Å². The highest BCUT2D eigenvalue weighted by molar-refractivity contribution is 6.05. The molecule has 1 saturated heterocycles. The summed E-state index contributed by atoms with van der Waals surface area (Å²) in [5.41, 5.74) is 1.85. The number of amides is 4. The van der Waals surface area contributed by atoms with Crippen LogP contribution in [-0.4, -0.2) is 33.7 Å². The van der Waals surface area contributed by atoms with E-state index in [-0.39, 0.29) is 12.3 Å². The van der Waals surface area contributed by atoms with E-state index in [0.29, 0.717) is 6.54 Å². The average molecular weight is 313 g/mol. The molecule has 3 N–H and O–H groups in total. The number of nitrogens with zero attached hydrogens (tertiary/aromatic N) is 2. The lowest BCUT2D eigenvalue weighted by molar-refractivity contribution is -0.126. The fraction of sp³-hybridized carbons (Fsp3) is 0.200. The molecule has 3 rings (SSSR count). The monoisotopic (exact) mass is 313 g/mol. The zero-order valence-corrected chi connectivity index (χ0v) is 12.2. The smallest absolute Gasteiger partial charge is 0.322 e. The second kappa shape index (κ2) is 6.30. The third-order valence-corrected chi connectivity index (χ3v) is 3.44. The summed E-state index contributed by atoms with van der Waals surface area (Å²) in [6.45, 7) is 0.348. The third-order valence-electron chi connectivity index (χ3n) is 3.44. The molecule has 1 aliphatic rings. The van der Waals surface area contributed by atoms with Gasteiger partial charge in [0.25, 0.3) is 5.91 Å². The van der Waals surface area contributed by atoms with Crippen molar-refractivity contribution < 1.29 is 14.4 Å². The number of hydrogen-bond donors (Lipinski definition) is 3. The SMILES string of the molecule is O=C(C[C@@H]1NC(=O)NC1=O)NCc1ccc(-n2cccn2)cc1. The van der Waals surface area contributed by atoms with Gasteiger partial charge in [-0.05, 0) is 23.8 Å². The summed E-state index contributed by atoms with van der Waals surface area (Å²) >= 11 is 0. The first-order valence-electron chi connectivity index (χ1n) is 7.09. The number of rotatable bonds is 5. The summed E-state index contributed by atoms with van der Waals surface area (Å²) in [6.07, 6.45) is 3.47. The Labute approximate surface area is 131 Å². The minimum Gasteiger partial charge on any atom is -0.352 e. The number of carbonyl (C=O) groups excluding carboxylic acids is 3. The standard InChI is InChI=1S/C15H15N5O3/c21-13(8-12-14(22)19-15(23)18-12)16-9-10-2-4-11(5-3-10)20-7-1-6-17-20/h1-7,12H,8-9H2,(H,16,21)(H2,18,19,22,23)/t12-/m0/s1. The van der Waals surface area contributed by atoms with Crippen LogP contribution in [0, 0.1) is 0 Å². The number of carbonyl (C=O) groups is 3. The van der Waals surface area contributed by atoms with Gasteiger partial charge in [-0.25, -0.2) is 9.48 Å². The Bertz CT molecular complexity index is 724. The van der Waals surface area contributed by atoms with Crippen LogP contribution in [-0.2, 0) is 16.1 Å². The highest BCUT2D eigenvalue weighted by Crippen LogP contribution is 2.08. The fourth-order valence-corrected chi connectivity index (χ4v) is 2.25. The molecule has 8 heteroatoms. The van der Waals surface area contributed by atoms with E-state index in [2.05, 4.69) is 21.0 Å². The minimum atomic E-state index is -0.801. The second-order valence-corrected chi connectivity index (χ2v) is 5.11. The Morgan fingerprint density at radius 3 is 2.65 bits per heavy atom. The van der Waals surface area contributed by atoms with Crippen LogP contribution >= 0.6 is 0 Å². The number of aromatic nitrogens is 2. The van der Waals surface area contributed by atoms with Gasteiger partial charge in [-0.3, -0.25) is 14.9 Å². The maximum Gasteiger partial charge on any atom is 0.322 e. The topological polar surface area (TPSA) is 105 Å². The molecule has 8 nitrogen and oxygen atoms in total. The molecule has 1 aliphatic heterocycles. The van der Waals surface area contributed by atoms with Gasteiger partial charge < -0.3 is 10.6 Å². The van der Waals surface area contributed by atoms with Gasteiger partial charge >= 0.3 is 6.03 Å². The normalized spacial score (nSPS) is 16.8. The Morgan fingerprint density at radius 1 is 1.26 bits per heavy atom. The van der Waals surface area contributed by atoms with Crippen LogP contribution in [0.15, 0.2) is 42.7 Å². The van der Waals surface area contributed by atoms with Crippen molar-refractivity contribution in [2.24, 2.45) is 0 Å². The molecule has 0 saturated carbocycles. The van der Waals surface area contributed by atoms with E-state index in [4.69, 9.17) is 0 Å². The molecule has 0 aliphatic carbocycles. The lowest BCUT2D eigenvalue weighted by Crippen LogP contribution is -2.36. The molecule has 0 spiro atoms. The van der Waals surface area contributed by atoms with Crippen LogP contribution in [0.25, 0.3) is 5.69 Å². The second-order valence-electron chi connectivity index (χ2n) is 5.11. The number of hydrogen-bond acceptors (Lipinski definition) is 4. The molecule has 23 heavy (non-hydrogen) atoms.